The van der Waals surface area contributed by atoms with Gasteiger partial charge in [-0.15, -0.1) is 10.2 Å². The molecule has 3 heterocycles. The molecule has 2 fully saturated rings. The molecule has 31 heavy (non-hydrogen) atoms. The summed E-state index contributed by atoms with van der Waals surface area (Å²) in [4.78, 5) is 18.8. The third-order valence-electron chi connectivity index (χ3n) is 5.94. The quantitative estimate of drug-likeness (QED) is 0.669. The Bertz CT molecular complexity index is 903. The van der Waals surface area contributed by atoms with Gasteiger partial charge in [0.1, 0.15) is 5.75 Å². The van der Waals surface area contributed by atoms with Crippen LogP contribution in [0.25, 0.3) is 0 Å². The van der Waals surface area contributed by atoms with Crippen LogP contribution in [0.4, 0.5) is 11.6 Å². The van der Waals surface area contributed by atoms with Crippen molar-refractivity contribution in [1.29, 1.82) is 0 Å². The van der Waals surface area contributed by atoms with Gasteiger partial charge in [0.15, 0.2) is 18.2 Å². The van der Waals surface area contributed by atoms with E-state index >= 15 is 0 Å². The number of carbonyl (C=O) groups is 1. The molecule has 1 aromatic heterocycles. The van der Waals surface area contributed by atoms with Crippen molar-refractivity contribution in [3.63, 3.8) is 0 Å². The highest BCUT2D eigenvalue weighted by molar-refractivity contribution is 6.35. The number of anilines is 2. The predicted octanol–water partition coefficient (Wildman–Crippen LogP) is 3.89. The largest absolute Gasteiger partial charge is 0.482 e. The van der Waals surface area contributed by atoms with Crippen molar-refractivity contribution >= 4 is 40.7 Å². The first-order valence-electron chi connectivity index (χ1n) is 10.7. The van der Waals surface area contributed by atoms with E-state index in [0.29, 0.717) is 48.0 Å². The summed E-state index contributed by atoms with van der Waals surface area (Å²) in [6, 6.07) is 9.55. The van der Waals surface area contributed by atoms with Crippen LogP contribution in [0.15, 0.2) is 30.3 Å². The lowest BCUT2D eigenvalue weighted by Crippen LogP contribution is -2.50. The van der Waals surface area contributed by atoms with Crippen LogP contribution in [0.2, 0.25) is 10.0 Å². The third kappa shape index (κ3) is 5.33. The first kappa shape index (κ1) is 22.0. The molecular weight excluding hydrogens is 437 g/mol. The lowest BCUT2D eigenvalue weighted by molar-refractivity contribution is -0.133. The second-order valence-electron chi connectivity index (χ2n) is 8.02. The Morgan fingerprint density at radius 2 is 1.77 bits per heavy atom. The maximum atomic E-state index is 12.5. The lowest BCUT2D eigenvalue weighted by atomic mass is 10.0. The molecule has 1 amide bonds. The Balaban J connectivity index is 1.27. The molecular formula is C22H27Cl2N5O2. The molecule has 2 aliphatic heterocycles. The monoisotopic (exact) mass is 463 g/mol. The number of aromatic nitrogens is 2. The van der Waals surface area contributed by atoms with E-state index in [2.05, 4.69) is 33.0 Å². The fourth-order valence-corrected chi connectivity index (χ4v) is 4.55. The number of halogens is 2. The van der Waals surface area contributed by atoms with Gasteiger partial charge in [0.25, 0.3) is 5.91 Å². The minimum Gasteiger partial charge on any atom is -0.482 e. The van der Waals surface area contributed by atoms with Crippen LogP contribution >= 0.6 is 23.2 Å². The van der Waals surface area contributed by atoms with Crippen LogP contribution in [-0.4, -0.2) is 66.4 Å². The minimum atomic E-state index is -0.0637. The summed E-state index contributed by atoms with van der Waals surface area (Å²) in [7, 11) is 0. The number of hydrogen-bond donors (Lipinski definition) is 0. The molecule has 7 nitrogen and oxygen atoms in total. The Morgan fingerprint density at radius 1 is 1.03 bits per heavy atom. The highest BCUT2D eigenvalue weighted by atomic mass is 35.5. The van der Waals surface area contributed by atoms with Gasteiger partial charge < -0.3 is 19.4 Å². The van der Waals surface area contributed by atoms with E-state index in [0.717, 1.165) is 18.2 Å². The standard InChI is InChI=1S/C22H27Cl2N5O2/c1-16-4-2-3-9-29(16)21-8-7-20(25-26-21)27-10-12-28(13-11-27)22(30)15-31-19-6-5-17(23)14-18(19)24/h5-8,14,16H,2-4,9-13,15H2,1H3. The van der Waals surface area contributed by atoms with Crippen LogP contribution in [0.3, 0.4) is 0 Å². The van der Waals surface area contributed by atoms with Crippen LogP contribution in [0.1, 0.15) is 26.2 Å². The first-order valence-corrected chi connectivity index (χ1v) is 11.5. The van der Waals surface area contributed by atoms with Gasteiger partial charge in [0.05, 0.1) is 5.02 Å². The molecule has 0 aliphatic carbocycles. The molecule has 4 rings (SSSR count). The van der Waals surface area contributed by atoms with Crippen molar-refractivity contribution in [3.05, 3.63) is 40.4 Å². The highest BCUT2D eigenvalue weighted by Crippen LogP contribution is 2.27. The van der Waals surface area contributed by atoms with E-state index in [4.69, 9.17) is 27.9 Å². The maximum absolute atomic E-state index is 12.5. The average Bonchev–Trinajstić information content (AvgIpc) is 2.79. The summed E-state index contributed by atoms with van der Waals surface area (Å²) in [5.74, 6) is 2.19. The van der Waals surface area contributed by atoms with Crippen LogP contribution in [0.5, 0.6) is 5.75 Å². The van der Waals surface area contributed by atoms with Gasteiger partial charge >= 0.3 is 0 Å². The van der Waals surface area contributed by atoms with E-state index in [1.807, 2.05) is 6.07 Å². The molecule has 166 valence electrons. The smallest absolute Gasteiger partial charge is 0.260 e. The Morgan fingerprint density at radius 3 is 2.45 bits per heavy atom. The third-order valence-corrected chi connectivity index (χ3v) is 6.47. The minimum absolute atomic E-state index is 0.0517. The van der Waals surface area contributed by atoms with Gasteiger partial charge in [0.2, 0.25) is 0 Å². The van der Waals surface area contributed by atoms with Gasteiger partial charge in [-0.1, -0.05) is 23.2 Å². The van der Waals surface area contributed by atoms with Crippen LogP contribution in [-0.2, 0) is 4.79 Å². The molecule has 1 atom stereocenters. The van der Waals surface area contributed by atoms with Crippen molar-refractivity contribution in [2.75, 3.05) is 49.1 Å². The highest BCUT2D eigenvalue weighted by Gasteiger charge is 2.24. The van der Waals surface area contributed by atoms with Crippen molar-refractivity contribution in [1.82, 2.24) is 15.1 Å². The number of benzene rings is 1. The second-order valence-corrected chi connectivity index (χ2v) is 8.86. The molecule has 1 aromatic carbocycles. The van der Waals surface area contributed by atoms with Crippen molar-refractivity contribution in [2.24, 2.45) is 0 Å². The van der Waals surface area contributed by atoms with Gasteiger partial charge in [-0.05, 0) is 56.5 Å². The van der Waals surface area contributed by atoms with Crippen molar-refractivity contribution in [3.8, 4) is 5.75 Å². The molecule has 0 saturated carbocycles. The molecule has 0 spiro atoms. The van der Waals surface area contributed by atoms with Gasteiger partial charge in [0, 0.05) is 43.8 Å². The lowest BCUT2D eigenvalue weighted by Gasteiger charge is -2.36. The summed E-state index contributed by atoms with van der Waals surface area (Å²) in [5.41, 5.74) is 0. The number of rotatable bonds is 5. The fourth-order valence-electron chi connectivity index (χ4n) is 4.09. The topological polar surface area (TPSA) is 61.8 Å². The molecule has 0 bridgehead atoms. The first-order chi connectivity index (χ1) is 15.0. The normalized spacial score (nSPS) is 19.5. The molecule has 0 radical (unpaired) electrons. The molecule has 9 heteroatoms. The maximum Gasteiger partial charge on any atom is 0.260 e. The van der Waals surface area contributed by atoms with E-state index in [1.165, 1.54) is 19.3 Å². The Labute approximate surface area is 192 Å². The number of nitrogens with zero attached hydrogens (tertiary/aromatic N) is 5. The van der Waals surface area contributed by atoms with Crippen LogP contribution in [0, 0.1) is 0 Å². The number of ether oxygens (including phenoxy) is 1. The number of piperidine rings is 1. The van der Waals surface area contributed by atoms with Crippen LogP contribution < -0.4 is 14.5 Å². The number of hydrogen-bond acceptors (Lipinski definition) is 6. The van der Waals surface area contributed by atoms with Gasteiger partial charge in [-0.25, -0.2) is 0 Å². The average molecular weight is 464 g/mol. The molecule has 2 saturated heterocycles. The van der Waals surface area contributed by atoms with E-state index < -0.39 is 0 Å². The van der Waals surface area contributed by atoms with Gasteiger partial charge in [-0.2, -0.15) is 0 Å². The number of amides is 1. The summed E-state index contributed by atoms with van der Waals surface area (Å²) in [5, 5.41) is 9.85. The zero-order valence-corrected chi connectivity index (χ0v) is 19.1. The molecule has 0 N–H and O–H groups in total. The van der Waals surface area contributed by atoms with Crippen molar-refractivity contribution < 1.29 is 9.53 Å². The van der Waals surface area contributed by atoms with Gasteiger partial charge in [-0.3, -0.25) is 4.79 Å². The SMILES string of the molecule is CC1CCCCN1c1ccc(N2CCN(C(=O)COc3ccc(Cl)cc3Cl)CC2)nn1. The predicted molar refractivity (Wildman–Crippen MR) is 123 cm³/mol. The Hall–Kier alpha value is -2.25. The molecule has 2 aliphatic rings. The fraction of sp³-hybridized carbons (Fsp3) is 0.500. The summed E-state index contributed by atoms with van der Waals surface area (Å²) < 4.78 is 5.58. The number of carbonyl (C=O) groups excluding carboxylic acids is 1. The Kier molecular flexibility index (Phi) is 7.02. The summed E-state index contributed by atoms with van der Waals surface area (Å²) in [6.07, 6.45) is 3.69. The van der Waals surface area contributed by atoms with E-state index in [9.17, 15) is 4.79 Å². The van der Waals surface area contributed by atoms with Crippen molar-refractivity contribution in [2.45, 2.75) is 32.2 Å². The summed E-state index contributed by atoms with van der Waals surface area (Å²) >= 11 is 12.0. The van der Waals surface area contributed by atoms with E-state index in [-0.39, 0.29) is 12.5 Å². The number of piperazine rings is 1. The zero-order valence-electron chi connectivity index (χ0n) is 17.6. The van der Waals surface area contributed by atoms with E-state index in [1.54, 1.807) is 23.1 Å². The zero-order chi connectivity index (χ0) is 21.8. The summed E-state index contributed by atoms with van der Waals surface area (Å²) in [6.45, 7) is 5.88. The second kappa shape index (κ2) is 9.92. The molecule has 2 aromatic rings. The molecule has 1 unspecified atom stereocenters.